The van der Waals surface area contributed by atoms with E-state index in [2.05, 4.69) is 26.0 Å². The fraction of sp³-hybridized carbons (Fsp3) is 0.400. The number of sulfonamides is 1. The molecular weight excluding hydrogens is 338 g/mol. The molecule has 0 bridgehead atoms. The molecule has 0 fully saturated rings. The van der Waals surface area contributed by atoms with E-state index in [4.69, 9.17) is 0 Å². The predicted molar refractivity (Wildman–Crippen MR) is 74.5 cm³/mol. The summed E-state index contributed by atoms with van der Waals surface area (Å²) in [5, 5.41) is 13.8. The molecule has 0 atom stereocenters. The SMILES string of the molecule is CNCCCNS(=O)(=O)c1ccc(Br)cc1[N+](=O)[O-]. The number of nitrogens with one attached hydrogen (secondary N) is 2. The summed E-state index contributed by atoms with van der Waals surface area (Å²) < 4.78 is 26.8. The lowest BCUT2D eigenvalue weighted by Gasteiger charge is -2.07. The average Bonchev–Trinajstić information content (AvgIpc) is 2.34. The standard InChI is InChI=1S/C10H14BrN3O4S/c1-12-5-2-6-13-19(17,18)10-4-3-8(11)7-9(10)14(15)16/h3-4,7,12-13H,2,5-6H2,1H3. The Morgan fingerprint density at radius 1 is 1.37 bits per heavy atom. The van der Waals surface area contributed by atoms with Crippen molar-refractivity contribution >= 4 is 31.6 Å². The van der Waals surface area contributed by atoms with E-state index >= 15 is 0 Å². The summed E-state index contributed by atoms with van der Waals surface area (Å²) in [5.74, 6) is 0. The highest BCUT2D eigenvalue weighted by molar-refractivity contribution is 9.10. The van der Waals surface area contributed by atoms with Crippen molar-refractivity contribution in [2.45, 2.75) is 11.3 Å². The maximum atomic E-state index is 12.0. The Bertz CT molecular complexity index is 562. The van der Waals surface area contributed by atoms with Gasteiger partial charge in [0, 0.05) is 17.1 Å². The molecule has 0 unspecified atom stereocenters. The molecule has 0 amide bonds. The third kappa shape index (κ3) is 4.53. The van der Waals surface area contributed by atoms with Crippen LogP contribution in [0.5, 0.6) is 0 Å². The first-order chi connectivity index (χ1) is 8.88. The van der Waals surface area contributed by atoms with Gasteiger partial charge in [0.15, 0.2) is 4.90 Å². The second kappa shape index (κ2) is 6.94. The monoisotopic (exact) mass is 351 g/mol. The van der Waals surface area contributed by atoms with Crippen LogP contribution in [0.2, 0.25) is 0 Å². The highest BCUT2D eigenvalue weighted by Gasteiger charge is 2.25. The normalized spacial score (nSPS) is 11.5. The van der Waals surface area contributed by atoms with Gasteiger partial charge in [0.05, 0.1) is 4.92 Å². The Morgan fingerprint density at radius 3 is 2.63 bits per heavy atom. The quantitative estimate of drug-likeness (QED) is 0.437. The van der Waals surface area contributed by atoms with Gasteiger partial charge in [0.1, 0.15) is 0 Å². The second-order valence-corrected chi connectivity index (χ2v) is 6.38. The molecule has 0 aliphatic rings. The average molecular weight is 352 g/mol. The summed E-state index contributed by atoms with van der Waals surface area (Å²) in [7, 11) is -2.12. The molecule has 0 saturated carbocycles. The highest BCUT2D eigenvalue weighted by Crippen LogP contribution is 2.27. The van der Waals surface area contributed by atoms with Gasteiger partial charge in [0.25, 0.3) is 5.69 Å². The van der Waals surface area contributed by atoms with E-state index in [-0.39, 0.29) is 11.4 Å². The molecule has 0 saturated heterocycles. The van der Waals surface area contributed by atoms with Crippen molar-refractivity contribution in [3.05, 3.63) is 32.8 Å². The Hall–Kier alpha value is -1.03. The third-order valence-corrected chi connectivity index (χ3v) is 4.30. The Morgan fingerprint density at radius 2 is 2.05 bits per heavy atom. The Labute approximate surface area is 119 Å². The lowest BCUT2D eigenvalue weighted by atomic mass is 10.3. The highest BCUT2D eigenvalue weighted by atomic mass is 79.9. The van der Waals surface area contributed by atoms with Crippen LogP contribution in [0, 0.1) is 10.1 Å². The molecule has 1 rings (SSSR count). The lowest BCUT2D eigenvalue weighted by molar-refractivity contribution is -0.387. The maximum absolute atomic E-state index is 12.0. The minimum absolute atomic E-state index is 0.219. The van der Waals surface area contributed by atoms with Crippen LogP contribution >= 0.6 is 15.9 Å². The van der Waals surface area contributed by atoms with Crippen molar-refractivity contribution in [3.8, 4) is 0 Å². The van der Waals surface area contributed by atoms with E-state index in [0.717, 1.165) is 0 Å². The number of hydrogen-bond acceptors (Lipinski definition) is 5. The smallest absolute Gasteiger partial charge is 0.290 e. The minimum Gasteiger partial charge on any atom is -0.320 e. The zero-order valence-electron chi connectivity index (χ0n) is 10.2. The Balaban J connectivity index is 2.98. The van der Waals surface area contributed by atoms with Gasteiger partial charge in [-0.05, 0) is 32.1 Å². The summed E-state index contributed by atoms with van der Waals surface area (Å²) in [6.45, 7) is 0.876. The van der Waals surface area contributed by atoms with E-state index in [1.807, 2.05) is 0 Å². The topological polar surface area (TPSA) is 101 Å². The van der Waals surface area contributed by atoms with Gasteiger partial charge in [-0.1, -0.05) is 15.9 Å². The molecule has 1 aromatic rings. The van der Waals surface area contributed by atoms with Gasteiger partial charge in [-0.3, -0.25) is 10.1 Å². The second-order valence-electron chi connectivity index (χ2n) is 3.72. The van der Waals surface area contributed by atoms with Crippen LogP contribution < -0.4 is 10.0 Å². The van der Waals surface area contributed by atoms with Crippen molar-refractivity contribution in [3.63, 3.8) is 0 Å². The molecule has 0 radical (unpaired) electrons. The number of benzene rings is 1. The zero-order valence-corrected chi connectivity index (χ0v) is 12.6. The van der Waals surface area contributed by atoms with Crippen LogP contribution in [-0.2, 0) is 10.0 Å². The van der Waals surface area contributed by atoms with Crippen LogP contribution in [0.4, 0.5) is 5.69 Å². The number of rotatable bonds is 7. The van der Waals surface area contributed by atoms with E-state index in [1.165, 1.54) is 18.2 Å². The molecule has 0 spiro atoms. The number of halogens is 1. The zero-order chi connectivity index (χ0) is 14.5. The number of nitrogens with zero attached hydrogens (tertiary/aromatic N) is 1. The summed E-state index contributed by atoms with van der Waals surface area (Å²) in [5.41, 5.74) is -0.449. The van der Waals surface area contributed by atoms with Crippen molar-refractivity contribution in [1.82, 2.24) is 10.0 Å². The van der Waals surface area contributed by atoms with Crippen LogP contribution in [0.15, 0.2) is 27.6 Å². The first-order valence-corrected chi connectivity index (χ1v) is 7.74. The van der Waals surface area contributed by atoms with Crippen LogP contribution in [0.25, 0.3) is 0 Å². The molecule has 106 valence electrons. The van der Waals surface area contributed by atoms with E-state index in [9.17, 15) is 18.5 Å². The molecule has 1 aromatic carbocycles. The van der Waals surface area contributed by atoms with Crippen LogP contribution in [0.3, 0.4) is 0 Å². The molecule has 0 aromatic heterocycles. The maximum Gasteiger partial charge on any atom is 0.290 e. The summed E-state index contributed by atoms with van der Waals surface area (Å²) >= 11 is 3.08. The molecular formula is C10H14BrN3O4S. The van der Waals surface area contributed by atoms with Gasteiger partial charge in [-0.2, -0.15) is 0 Å². The van der Waals surface area contributed by atoms with E-state index < -0.39 is 20.6 Å². The third-order valence-electron chi connectivity index (χ3n) is 2.30. The molecule has 0 aliphatic carbocycles. The van der Waals surface area contributed by atoms with E-state index in [0.29, 0.717) is 17.4 Å². The molecule has 0 aliphatic heterocycles. The van der Waals surface area contributed by atoms with E-state index in [1.54, 1.807) is 7.05 Å². The fourth-order valence-corrected chi connectivity index (χ4v) is 2.98. The van der Waals surface area contributed by atoms with Crippen molar-refractivity contribution < 1.29 is 13.3 Å². The van der Waals surface area contributed by atoms with Crippen LogP contribution in [0.1, 0.15) is 6.42 Å². The van der Waals surface area contributed by atoms with Crippen LogP contribution in [-0.4, -0.2) is 33.5 Å². The number of nitro groups is 1. The van der Waals surface area contributed by atoms with Gasteiger partial charge in [0.2, 0.25) is 10.0 Å². The summed E-state index contributed by atoms with van der Waals surface area (Å²) in [6.07, 6.45) is 0.597. The minimum atomic E-state index is -3.87. The van der Waals surface area contributed by atoms with Crippen molar-refractivity contribution in [2.75, 3.05) is 20.1 Å². The molecule has 2 N–H and O–H groups in total. The van der Waals surface area contributed by atoms with Gasteiger partial charge in [-0.15, -0.1) is 0 Å². The fourth-order valence-electron chi connectivity index (χ4n) is 1.41. The first-order valence-electron chi connectivity index (χ1n) is 5.46. The first kappa shape index (κ1) is 16.0. The van der Waals surface area contributed by atoms with Crippen molar-refractivity contribution in [1.29, 1.82) is 0 Å². The molecule has 19 heavy (non-hydrogen) atoms. The largest absolute Gasteiger partial charge is 0.320 e. The number of nitro benzene ring substituents is 1. The predicted octanol–water partition coefficient (Wildman–Crippen LogP) is 1.25. The van der Waals surface area contributed by atoms with Gasteiger partial charge < -0.3 is 5.32 Å². The summed E-state index contributed by atoms with van der Waals surface area (Å²) in [4.78, 5) is 9.84. The Kier molecular flexibility index (Phi) is 5.85. The molecule has 9 heteroatoms. The molecule has 0 heterocycles. The van der Waals surface area contributed by atoms with Crippen molar-refractivity contribution in [2.24, 2.45) is 0 Å². The summed E-state index contributed by atoms with van der Waals surface area (Å²) in [6, 6.07) is 3.83. The number of hydrogen-bond donors (Lipinski definition) is 2. The van der Waals surface area contributed by atoms with Gasteiger partial charge >= 0.3 is 0 Å². The molecule has 7 nitrogen and oxygen atoms in total. The lowest BCUT2D eigenvalue weighted by Crippen LogP contribution is -2.27. The van der Waals surface area contributed by atoms with Gasteiger partial charge in [-0.25, -0.2) is 13.1 Å².